The summed E-state index contributed by atoms with van der Waals surface area (Å²) in [6.45, 7) is 2.55. The summed E-state index contributed by atoms with van der Waals surface area (Å²) in [4.78, 5) is 12.9. The summed E-state index contributed by atoms with van der Waals surface area (Å²) >= 11 is 0. The first kappa shape index (κ1) is 15.0. The highest BCUT2D eigenvalue weighted by Crippen LogP contribution is 2.29. The molecule has 114 valence electrons. The Labute approximate surface area is 136 Å². The Hall–Kier alpha value is -2.87. The smallest absolute Gasteiger partial charge is 0.193 e. The van der Waals surface area contributed by atoms with Crippen LogP contribution in [0.25, 0.3) is 11.1 Å². The number of rotatable bonds is 5. The molecule has 2 nitrogen and oxygen atoms in total. The highest BCUT2D eigenvalue weighted by molar-refractivity contribution is 6.13. The number of carbonyl (C=O) groups is 1. The van der Waals surface area contributed by atoms with Crippen molar-refractivity contribution < 1.29 is 9.53 Å². The second kappa shape index (κ2) is 6.93. The molecule has 0 aliphatic heterocycles. The van der Waals surface area contributed by atoms with Gasteiger partial charge in [-0.15, -0.1) is 0 Å². The average molecular weight is 302 g/mol. The van der Waals surface area contributed by atoms with Crippen LogP contribution in [0.4, 0.5) is 0 Å². The molecule has 3 rings (SSSR count). The minimum atomic E-state index is 0.0208. The Bertz CT molecular complexity index is 793. The summed E-state index contributed by atoms with van der Waals surface area (Å²) in [6.07, 6.45) is 0. The lowest BCUT2D eigenvalue weighted by Gasteiger charge is -2.12. The van der Waals surface area contributed by atoms with E-state index >= 15 is 0 Å². The van der Waals surface area contributed by atoms with Gasteiger partial charge in [0.05, 0.1) is 6.61 Å². The van der Waals surface area contributed by atoms with Gasteiger partial charge in [0.2, 0.25) is 0 Å². The van der Waals surface area contributed by atoms with Crippen molar-refractivity contribution in [3.05, 3.63) is 90.0 Å². The number of ether oxygens (including phenoxy) is 1. The van der Waals surface area contributed by atoms with Crippen molar-refractivity contribution in [2.45, 2.75) is 6.92 Å². The number of hydrogen-bond donors (Lipinski definition) is 0. The van der Waals surface area contributed by atoms with Gasteiger partial charge in [-0.25, -0.2) is 0 Å². The third kappa shape index (κ3) is 3.32. The van der Waals surface area contributed by atoms with Crippen molar-refractivity contribution in [3.63, 3.8) is 0 Å². The Morgan fingerprint density at radius 3 is 2.17 bits per heavy atom. The van der Waals surface area contributed by atoms with Gasteiger partial charge >= 0.3 is 0 Å². The average Bonchev–Trinajstić information content (AvgIpc) is 2.63. The van der Waals surface area contributed by atoms with Crippen LogP contribution in [0.3, 0.4) is 0 Å². The van der Waals surface area contributed by atoms with Crippen molar-refractivity contribution in [2.24, 2.45) is 0 Å². The first-order chi connectivity index (χ1) is 11.3. The molecule has 0 unspecified atom stereocenters. The number of ketones is 1. The molecule has 0 fully saturated rings. The van der Waals surface area contributed by atoms with Crippen LogP contribution in [0, 0.1) is 0 Å². The molecule has 0 heterocycles. The van der Waals surface area contributed by atoms with E-state index in [-0.39, 0.29) is 5.78 Å². The van der Waals surface area contributed by atoms with E-state index in [1.54, 1.807) is 0 Å². The van der Waals surface area contributed by atoms with E-state index in [1.807, 2.05) is 85.8 Å². The summed E-state index contributed by atoms with van der Waals surface area (Å²) < 4.78 is 5.60. The van der Waals surface area contributed by atoms with Crippen LogP contribution in [0.2, 0.25) is 0 Å². The largest absolute Gasteiger partial charge is 0.494 e. The third-order valence-electron chi connectivity index (χ3n) is 3.67. The minimum Gasteiger partial charge on any atom is -0.494 e. The third-order valence-corrected chi connectivity index (χ3v) is 3.67. The summed E-state index contributed by atoms with van der Waals surface area (Å²) in [6, 6.07) is 24.9. The predicted molar refractivity (Wildman–Crippen MR) is 92.9 cm³/mol. The van der Waals surface area contributed by atoms with E-state index in [0.29, 0.717) is 17.7 Å². The Balaban J connectivity index is 2.11. The molecule has 0 aromatic heterocycles. The lowest BCUT2D eigenvalue weighted by atomic mass is 9.93. The first-order valence-corrected chi connectivity index (χ1v) is 7.71. The zero-order valence-electron chi connectivity index (χ0n) is 13.0. The van der Waals surface area contributed by atoms with Gasteiger partial charge in [-0.2, -0.15) is 0 Å². The van der Waals surface area contributed by atoms with Crippen LogP contribution in [0.5, 0.6) is 5.75 Å². The Kier molecular flexibility index (Phi) is 4.53. The molecular formula is C21H18O2. The van der Waals surface area contributed by atoms with Crippen LogP contribution in [-0.2, 0) is 0 Å². The standard InChI is InChI=1S/C21H18O2/c1-2-23-18-13-14-19(21(22)17-11-7-4-8-12-17)20(15-18)16-9-5-3-6-10-16/h3-15H,2H2,1H3. The van der Waals surface area contributed by atoms with E-state index in [9.17, 15) is 4.79 Å². The fraction of sp³-hybridized carbons (Fsp3) is 0.0952. The summed E-state index contributed by atoms with van der Waals surface area (Å²) in [5, 5.41) is 0. The van der Waals surface area contributed by atoms with Gasteiger partial charge in [0, 0.05) is 11.1 Å². The van der Waals surface area contributed by atoms with Gasteiger partial charge in [-0.05, 0) is 36.2 Å². The van der Waals surface area contributed by atoms with E-state index in [1.165, 1.54) is 0 Å². The molecule has 0 saturated carbocycles. The minimum absolute atomic E-state index is 0.0208. The maximum Gasteiger partial charge on any atom is 0.193 e. The van der Waals surface area contributed by atoms with E-state index < -0.39 is 0 Å². The molecule has 0 aliphatic carbocycles. The van der Waals surface area contributed by atoms with Crippen LogP contribution in [0.15, 0.2) is 78.9 Å². The molecule has 0 spiro atoms. The molecule has 23 heavy (non-hydrogen) atoms. The highest BCUT2D eigenvalue weighted by atomic mass is 16.5. The van der Waals surface area contributed by atoms with Gasteiger partial charge in [0.15, 0.2) is 5.78 Å². The summed E-state index contributed by atoms with van der Waals surface area (Å²) in [5.41, 5.74) is 3.28. The van der Waals surface area contributed by atoms with Gasteiger partial charge in [-0.3, -0.25) is 4.79 Å². The van der Waals surface area contributed by atoms with Crippen LogP contribution >= 0.6 is 0 Å². The lowest BCUT2D eigenvalue weighted by molar-refractivity contribution is 0.103. The van der Waals surface area contributed by atoms with Crippen molar-refractivity contribution in [1.29, 1.82) is 0 Å². The van der Waals surface area contributed by atoms with Gasteiger partial charge in [-0.1, -0.05) is 60.7 Å². The number of carbonyl (C=O) groups excluding carboxylic acids is 1. The maximum absolute atomic E-state index is 12.9. The molecule has 0 saturated heterocycles. The molecule has 3 aromatic carbocycles. The van der Waals surface area contributed by atoms with E-state index in [0.717, 1.165) is 16.9 Å². The van der Waals surface area contributed by atoms with E-state index in [2.05, 4.69) is 0 Å². The summed E-state index contributed by atoms with van der Waals surface area (Å²) in [5.74, 6) is 0.795. The van der Waals surface area contributed by atoms with Gasteiger partial charge in [0.1, 0.15) is 5.75 Å². The van der Waals surface area contributed by atoms with Gasteiger partial charge < -0.3 is 4.74 Å². The Morgan fingerprint density at radius 2 is 1.52 bits per heavy atom. The van der Waals surface area contributed by atoms with E-state index in [4.69, 9.17) is 4.74 Å². The second-order valence-electron chi connectivity index (χ2n) is 5.20. The number of hydrogen-bond acceptors (Lipinski definition) is 2. The predicted octanol–water partition coefficient (Wildman–Crippen LogP) is 4.98. The Morgan fingerprint density at radius 1 is 0.870 bits per heavy atom. The molecule has 0 atom stereocenters. The van der Waals surface area contributed by atoms with Crippen molar-refractivity contribution in [3.8, 4) is 16.9 Å². The maximum atomic E-state index is 12.9. The van der Waals surface area contributed by atoms with Crippen molar-refractivity contribution in [1.82, 2.24) is 0 Å². The molecule has 0 bridgehead atoms. The fourth-order valence-electron chi connectivity index (χ4n) is 2.58. The van der Waals surface area contributed by atoms with Crippen molar-refractivity contribution in [2.75, 3.05) is 6.61 Å². The first-order valence-electron chi connectivity index (χ1n) is 7.71. The zero-order chi connectivity index (χ0) is 16.1. The topological polar surface area (TPSA) is 26.3 Å². The van der Waals surface area contributed by atoms with Crippen molar-refractivity contribution >= 4 is 5.78 Å². The molecule has 0 amide bonds. The van der Waals surface area contributed by atoms with Crippen LogP contribution < -0.4 is 4.74 Å². The molecular weight excluding hydrogens is 284 g/mol. The summed E-state index contributed by atoms with van der Waals surface area (Å²) in [7, 11) is 0. The molecule has 3 aromatic rings. The monoisotopic (exact) mass is 302 g/mol. The van der Waals surface area contributed by atoms with Gasteiger partial charge in [0.25, 0.3) is 0 Å². The zero-order valence-corrected chi connectivity index (χ0v) is 13.0. The SMILES string of the molecule is CCOc1ccc(C(=O)c2ccccc2)c(-c2ccccc2)c1. The molecule has 0 N–H and O–H groups in total. The molecule has 2 heteroatoms. The quantitative estimate of drug-likeness (QED) is 0.621. The second-order valence-corrected chi connectivity index (χ2v) is 5.20. The fourth-order valence-corrected chi connectivity index (χ4v) is 2.58. The highest BCUT2D eigenvalue weighted by Gasteiger charge is 2.15. The van der Waals surface area contributed by atoms with Crippen LogP contribution in [0.1, 0.15) is 22.8 Å². The number of benzene rings is 3. The van der Waals surface area contributed by atoms with Crippen LogP contribution in [-0.4, -0.2) is 12.4 Å². The molecule has 0 aliphatic rings. The lowest BCUT2D eigenvalue weighted by Crippen LogP contribution is -2.04. The molecule has 0 radical (unpaired) electrons. The normalized spacial score (nSPS) is 10.3.